The molecule has 0 aliphatic rings. The SMILES string of the molecule is CCNC(C)c1ccc(Oc2ccccc2F)cc1. The standard InChI is InChI=1S/C16H18FNO/c1-3-18-12(2)13-8-10-14(11-9-13)19-16-7-5-4-6-15(16)17/h4-12,18H,3H2,1-2H3. The van der Waals surface area contributed by atoms with Gasteiger partial charge >= 0.3 is 0 Å². The quantitative estimate of drug-likeness (QED) is 0.865. The van der Waals surface area contributed by atoms with Crippen molar-refractivity contribution in [1.82, 2.24) is 5.32 Å². The third kappa shape index (κ3) is 3.55. The molecule has 1 atom stereocenters. The lowest BCUT2D eigenvalue weighted by molar-refractivity contribution is 0.442. The van der Waals surface area contributed by atoms with E-state index in [0.717, 1.165) is 6.54 Å². The van der Waals surface area contributed by atoms with Crippen molar-refractivity contribution in [3.8, 4) is 11.5 Å². The Morgan fingerprint density at radius 1 is 1.11 bits per heavy atom. The highest BCUT2D eigenvalue weighted by molar-refractivity contribution is 5.34. The highest BCUT2D eigenvalue weighted by atomic mass is 19.1. The third-order valence-corrected chi connectivity index (χ3v) is 2.95. The molecule has 0 amide bonds. The second-order valence-electron chi connectivity index (χ2n) is 4.38. The smallest absolute Gasteiger partial charge is 0.165 e. The van der Waals surface area contributed by atoms with Crippen molar-refractivity contribution >= 4 is 0 Å². The summed E-state index contributed by atoms with van der Waals surface area (Å²) in [6, 6.07) is 14.4. The lowest BCUT2D eigenvalue weighted by Crippen LogP contribution is -2.17. The number of benzene rings is 2. The van der Waals surface area contributed by atoms with Gasteiger partial charge < -0.3 is 10.1 Å². The van der Waals surface area contributed by atoms with Gasteiger partial charge in [-0.15, -0.1) is 0 Å². The van der Waals surface area contributed by atoms with Crippen LogP contribution in [0.1, 0.15) is 25.5 Å². The van der Waals surface area contributed by atoms with Gasteiger partial charge in [-0.2, -0.15) is 0 Å². The van der Waals surface area contributed by atoms with E-state index >= 15 is 0 Å². The molecule has 100 valence electrons. The fourth-order valence-electron chi connectivity index (χ4n) is 1.90. The summed E-state index contributed by atoms with van der Waals surface area (Å²) >= 11 is 0. The predicted octanol–water partition coefficient (Wildman–Crippen LogP) is 4.29. The highest BCUT2D eigenvalue weighted by Gasteiger charge is 2.06. The normalized spacial score (nSPS) is 12.2. The summed E-state index contributed by atoms with van der Waals surface area (Å²) in [7, 11) is 0. The zero-order valence-corrected chi connectivity index (χ0v) is 11.2. The molecule has 2 aromatic carbocycles. The Morgan fingerprint density at radius 3 is 2.42 bits per heavy atom. The molecule has 0 saturated heterocycles. The van der Waals surface area contributed by atoms with Gasteiger partial charge in [0.25, 0.3) is 0 Å². The van der Waals surface area contributed by atoms with Crippen molar-refractivity contribution in [2.24, 2.45) is 0 Å². The number of hydrogen-bond donors (Lipinski definition) is 1. The molecule has 0 heterocycles. The molecule has 1 unspecified atom stereocenters. The van der Waals surface area contributed by atoms with Gasteiger partial charge in [0.1, 0.15) is 5.75 Å². The fraction of sp³-hybridized carbons (Fsp3) is 0.250. The minimum absolute atomic E-state index is 0.245. The Labute approximate surface area is 113 Å². The molecule has 1 N–H and O–H groups in total. The van der Waals surface area contributed by atoms with Gasteiger partial charge in [-0.1, -0.05) is 31.2 Å². The summed E-state index contributed by atoms with van der Waals surface area (Å²) in [6.07, 6.45) is 0. The van der Waals surface area contributed by atoms with Crippen LogP contribution in [0.4, 0.5) is 4.39 Å². The minimum atomic E-state index is -0.354. The maximum absolute atomic E-state index is 13.4. The zero-order chi connectivity index (χ0) is 13.7. The molecule has 2 aromatic rings. The number of hydrogen-bond acceptors (Lipinski definition) is 2. The van der Waals surface area contributed by atoms with Crippen molar-refractivity contribution in [1.29, 1.82) is 0 Å². The van der Waals surface area contributed by atoms with E-state index in [0.29, 0.717) is 11.8 Å². The summed E-state index contributed by atoms with van der Waals surface area (Å²) in [6.45, 7) is 5.11. The van der Waals surface area contributed by atoms with Gasteiger partial charge in [-0.05, 0) is 43.3 Å². The average Bonchev–Trinajstić information content (AvgIpc) is 2.42. The van der Waals surface area contributed by atoms with Crippen LogP contribution in [0.15, 0.2) is 48.5 Å². The van der Waals surface area contributed by atoms with E-state index in [2.05, 4.69) is 19.2 Å². The van der Waals surface area contributed by atoms with Gasteiger partial charge in [0.2, 0.25) is 0 Å². The number of halogens is 1. The predicted molar refractivity (Wildman–Crippen MR) is 75.0 cm³/mol. The number of nitrogens with one attached hydrogen (secondary N) is 1. The molecule has 2 rings (SSSR count). The molecule has 19 heavy (non-hydrogen) atoms. The Hall–Kier alpha value is -1.87. The first-order chi connectivity index (χ1) is 9.20. The number of rotatable bonds is 5. The van der Waals surface area contributed by atoms with Crippen LogP contribution in [0.2, 0.25) is 0 Å². The Kier molecular flexibility index (Phi) is 4.53. The lowest BCUT2D eigenvalue weighted by atomic mass is 10.1. The largest absolute Gasteiger partial charge is 0.454 e. The molecular weight excluding hydrogens is 241 g/mol. The van der Waals surface area contributed by atoms with E-state index in [1.165, 1.54) is 11.6 Å². The van der Waals surface area contributed by atoms with Crippen molar-refractivity contribution in [2.75, 3.05) is 6.54 Å². The first-order valence-corrected chi connectivity index (χ1v) is 6.46. The average molecular weight is 259 g/mol. The van der Waals surface area contributed by atoms with Crippen molar-refractivity contribution in [3.63, 3.8) is 0 Å². The minimum Gasteiger partial charge on any atom is -0.454 e. The van der Waals surface area contributed by atoms with Gasteiger partial charge in [0.05, 0.1) is 0 Å². The van der Waals surface area contributed by atoms with E-state index in [-0.39, 0.29) is 11.6 Å². The Balaban J connectivity index is 2.09. The third-order valence-electron chi connectivity index (χ3n) is 2.95. The van der Waals surface area contributed by atoms with Crippen LogP contribution in [0.25, 0.3) is 0 Å². The van der Waals surface area contributed by atoms with Crippen LogP contribution >= 0.6 is 0 Å². The summed E-state index contributed by atoms with van der Waals surface area (Å²) in [5.74, 6) is 0.528. The van der Waals surface area contributed by atoms with Crippen molar-refractivity contribution in [3.05, 3.63) is 59.9 Å². The maximum atomic E-state index is 13.4. The van der Waals surface area contributed by atoms with Crippen LogP contribution in [0.5, 0.6) is 11.5 Å². The van der Waals surface area contributed by atoms with E-state index < -0.39 is 0 Å². The molecular formula is C16H18FNO. The molecule has 2 nitrogen and oxygen atoms in total. The molecule has 0 bridgehead atoms. The van der Waals surface area contributed by atoms with Crippen LogP contribution in [0.3, 0.4) is 0 Å². The molecule has 0 saturated carbocycles. The van der Waals surface area contributed by atoms with E-state index in [4.69, 9.17) is 4.74 Å². The van der Waals surface area contributed by atoms with Crippen molar-refractivity contribution < 1.29 is 9.13 Å². The molecule has 0 aliphatic carbocycles. The van der Waals surface area contributed by atoms with Crippen LogP contribution in [-0.4, -0.2) is 6.54 Å². The van der Waals surface area contributed by atoms with Crippen molar-refractivity contribution in [2.45, 2.75) is 19.9 Å². The molecule has 3 heteroatoms. The van der Waals surface area contributed by atoms with Crippen LogP contribution in [-0.2, 0) is 0 Å². The van der Waals surface area contributed by atoms with E-state index in [1.807, 2.05) is 24.3 Å². The molecule has 0 fully saturated rings. The first kappa shape index (κ1) is 13.6. The van der Waals surface area contributed by atoms with Crippen LogP contribution in [0, 0.1) is 5.82 Å². The topological polar surface area (TPSA) is 21.3 Å². The zero-order valence-electron chi connectivity index (χ0n) is 11.2. The van der Waals surface area contributed by atoms with Gasteiger partial charge in [-0.25, -0.2) is 4.39 Å². The van der Waals surface area contributed by atoms with Gasteiger partial charge in [-0.3, -0.25) is 0 Å². The second-order valence-corrected chi connectivity index (χ2v) is 4.38. The summed E-state index contributed by atoms with van der Waals surface area (Å²) < 4.78 is 19.0. The first-order valence-electron chi connectivity index (χ1n) is 6.46. The summed E-state index contributed by atoms with van der Waals surface area (Å²) in [4.78, 5) is 0. The number of para-hydroxylation sites is 1. The van der Waals surface area contributed by atoms with Gasteiger partial charge in [0.15, 0.2) is 11.6 Å². The molecule has 0 radical (unpaired) electrons. The van der Waals surface area contributed by atoms with Crippen LogP contribution < -0.4 is 10.1 Å². The highest BCUT2D eigenvalue weighted by Crippen LogP contribution is 2.25. The summed E-state index contributed by atoms with van der Waals surface area (Å²) in [5, 5.41) is 3.34. The van der Waals surface area contributed by atoms with Gasteiger partial charge in [0, 0.05) is 6.04 Å². The Morgan fingerprint density at radius 2 is 1.79 bits per heavy atom. The second kappa shape index (κ2) is 6.34. The number of ether oxygens (including phenoxy) is 1. The molecule has 0 aliphatic heterocycles. The molecule has 0 aromatic heterocycles. The Bertz CT molecular complexity index is 525. The maximum Gasteiger partial charge on any atom is 0.165 e. The lowest BCUT2D eigenvalue weighted by Gasteiger charge is -2.13. The van der Waals surface area contributed by atoms with E-state index in [9.17, 15) is 4.39 Å². The fourth-order valence-corrected chi connectivity index (χ4v) is 1.90. The summed E-state index contributed by atoms with van der Waals surface area (Å²) in [5.41, 5.74) is 1.18. The van der Waals surface area contributed by atoms with E-state index in [1.54, 1.807) is 18.2 Å². The monoisotopic (exact) mass is 259 g/mol. The molecule has 0 spiro atoms.